The second-order valence-electron chi connectivity index (χ2n) is 4.21. The van der Waals surface area contributed by atoms with Crippen LogP contribution in [0.25, 0.3) is 0 Å². The van der Waals surface area contributed by atoms with Crippen molar-refractivity contribution < 1.29 is 5.11 Å². The lowest BCUT2D eigenvalue weighted by atomic mass is 10.0. The molecule has 0 aromatic heterocycles. The van der Waals surface area contributed by atoms with Gasteiger partial charge in [0.05, 0.1) is 11.1 Å². The Labute approximate surface area is 121 Å². The molecule has 0 bridgehead atoms. The van der Waals surface area contributed by atoms with E-state index in [1.165, 1.54) is 5.56 Å². The van der Waals surface area contributed by atoms with E-state index in [0.717, 1.165) is 16.5 Å². The third kappa shape index (κ3) is 3.58. The van der Waals surface area contributed by atoms with Gasteiger partial charge in [0.2, 0.25) is 0 Å². The van der Waals surface area contributed by atoms with Gasteiger partial charge in [-0.25, -0.2) is 0 Å². The molecule has 1 unspecified atom stereocenters. The number of rotatable bonds is 4. The average Bonchev–Trinajstić information content (AvgIpc) is 2.40. The van der Waals surface area contributed by atoms with Gasteiger partial charge in [0.25, 0.3) is 0 Å². The van der Waals surface area contributed by atoms with Crippen molar-refractivity contribution >= 4 is 27.5 Å². The number of aliphatic hydroxyl groups is 1. The molecule has 0 amide bonds. The zero-order valence-corrected chi connectivity index (χ0v) is 12.2. The van der Waals surface area contributed by atoms with Crippen molar-refractivity contribution in [1.29, 1.82) is 0 Å². The zero-order chi connectivity index (χ0) is 13.0. The standard InChI is InChI=1S/C15H14BrClO/c16-13-10-12(7-8-14(13)17)15(18)9-6-11-4-2-1-3-5-11/h1-5,7-8,10,15,18H,6,9H2. The van der Waals surface area contributed by atoms with Crippen molar-refractivity contribution in [2.75, 3.05) is 0 Å². The molecule has 0 heterocycles. The van der Waals surface area contributed by atoms with Gasteiger partial charge in [-0.05, 0) is 52.0 Å². The minimum absolute atomic E-state index is 0.459. The number of halogens is 2. The van der Waals surface area contributed by atoms with Crippen molar-refractivity contribution in [3.05, 3.63) is 69.2 Å². The number of hydrogen-bond acceptors (Lipinski definition) is 1. The lowest BCUT2D eigenvalue weighted by Crippen LogP contribution is -1.99. The van der Waals surface area contributed by atoms with E-state index >= 15 is 0 Å². The van der Waals surface area contributed by atoms with Crippen LogP contribution in [0.3, 0.4) is 0 Å². The highest BCUT2D eigenvalue weighted by Gasteiger charge is 2.09. The second-order valence-corrected chi connectivity index (χ2v) is 5.48. The van der Waals surface area contributed by atoms with Crippen molar-refractivity contribution in [3.8, 4) is 0 Å². The fourth-order valence-electron chi connectivity index (χ4n) is 1.83. The van der Waals surface area contributed by atoms with Crippen LogP contribution in [0.2, 0.25) is 5.02 Å². The minimum Gasteiger partial charge on any atom is -0.388 e. The Morgan fingerprint density at radius 1 is 1.11 bits per heavy atom. The molecule has 1 atom stereocenters. The first kappa shape index (κ1) is 13.6. The smallest absolute Gasteiger partial charge is 0.0793 e. The Morgan fingerprint density at radius 2 is 1.83 bits per heavy atom. The molecule has 0 aliphatic heterocycles. The minimum atomic E-state index is -0.459. The van der Waals surface area contributed by atoms with Crippen LogP contribution in [0, 0.1) is 0 Å². The maximum Gasteiger partial charge on any atom is 0.0793 e. The van der Waals surface area contributed by atoms with Crippen LogP contribution >= 0.6 is 27.5 Å². The van der Waals surface area contributed by atoms with Crippen LogP contribution in [0.1, 0.15) is 23.7 Å². The second kappa shape index (κ2) is 6.37. The molecule has 0 saturated heterocycles. The Kier molecular flexibility index (Phi) is 4.81. The lowest BCUT2D eigenvalue weighted by molar-refractivity contribution is 0.168. The molecule has 2 rings (SSSR count). The zero-order valence-electron chi connectivity index (χ0n) is 9.81. The first-order valence-electron chi connectivity index (χ1n) is 5.84. The molecule has 2 aromatic rings. The summed E-state index contributed by atoms with van der Waals surface area (Å²) >= 11 is 9.30. The van der Waals surface area contributed by atoms with Crippen LogP contribution < -0.4 is 0 Å². The number of aliphatic hydroxyl groups excluding tert-OH is 1. The van der Waals surface area contributed by atoms with E-state index in [4.69, 9.17) is 11.6 Å². The molecule has 0 fully saturated rings. The third-order valence-corrected chi connectivity index (χ3v) is 4.09. The Bertz CT molecular complexity index is 513. The molecule has 1 nitrogen and oxygen atoms in total. The van der Waals surface area contributed by atoms with E-state index in [9.17, 15) is 5.11 Å². The van der Waals surface area contributed by atoms with Gasteiger partial charge in [0.1, 0.15) is 0 Å². The van der Waals surface area contributed by atoms with Gasteiger partial charge in [-0.15, -0.1) is 0 Å². The number of hydrogen-bond donors (Lipinski definition) is 1. The number of benzene rings is 2. The van der Waals surface area contributed by atoms with Crippen LogP contribution in [-0.2, 0) is 6.42 Å². The highest BCUT2D eigenvalue weighted by Crippen LogP contribution is 2.27. The van der Waals surface area contributed by atoms with Crippen molar-refractivity contribution in [3.63, 3.8) is 0 Å². The topological polar surface area (TPSA) is 20.2 Å². The molecule has 1 N–H and O–H groups in total. The average molecular weight is 326 g/mol. The predicted molar refractivity (Wildman–Crippen MR) is 78.9 cm³/mol. The van der Waals surface area contributed by atoms with E-state index in [-0.39, 0.29) is 0 Å². The molecule has 0 spiro atoms. The van der Waals surface area contributed by atoms with Crippen molar-refractivity contribution in [1.82, 2.24) is 0 Å². The van der Waals surface area contributed by atoms with Crippen LogP contribution in [0.5, 0.6) is 0 Å². The molecule has 2 aromatic carbocycles. The molecule has 0 radical (unpaired) electrons. The molecule has 0 saturated carbocycles. The van der Waals surface area contributed by atoms with Gasteiger partial charge in [-0.2, -0.15) is 0 Å². The summed E-state index contributed by atoms with van der Waals surface area (Å²) in [6.45, 7) is 0. The van der Waals surface area contributed by atoms with Crippen LogP contribution in [0.15, 0.2) is 53.0 Å². The van der Waals surface area contributed by atoms with E-state index in [1.54, 1.807) is 6.07 Å². The van der Waals surface area contributed by atoms with Gasteiger partial charge >= 0.3 is 0 Å². The summed E-state index contributed by atoms with van der Waals surface area (Å²) in [5, 5.41) is 10.8. The molecule has 94 valence electrons. The van der Waals surface area contributed by atoms with E-state index < -0.39 is 6.10 Å². The van der Waals surface area contributed by atoms with Crippen LogP contribution in [-0.4, -0.2) is 5.11 Å². The van der Waals surface area contributed by atoms with Gasteiger partial charge < -0.3 is 5.11 Å². The SMILES string of the molecule is OC(CCc1ccccc1)c1ccc(Cl)c(Br)c1. The summed E-state index contributed by atoms with van der Waals surface area (Å²) < 4.78 is 0.820. The third-order valence-electron chi connectivity index (χ3n) is 2.88. The molecular formula is C15H14BrClO. The highest BCUT2D eigenvalue weighted by molar-refractivity contribution is 9.10. The lowest BCUT2D eigenvalue weighted by Gasteiger charge is -2.12. The summed E-state index contributed by atoms with van der Waals surface area (Å²) in [6.07, 6.45) is 1.11. The summed E-state index contributed by atoms with van der Waals surface area (Å²) in [5.41, 5.74) is 2.13. The van der Waals surface area contributed by atoms with E-state index in [2.05, 4.69) is 28.1 Å². The quantitative estimate of drug-likeness (QED) is 0.858. The Morgan fingerprint density at radius 3 is 2.50 bits per heavy atom. The van der Waals surface area contributed by atoms with Crippen molar-refractivity contribution in [2.45, 2.75) is 18.9 Å². The fourth-order valence-corrected chi connectivity index (χ4v) is 2.35. The largest absolute Gasteiger partial charge is 0.388 e. The van der Waals surface area contributed by atoms with E-state index in [0.29, 0.717) is 11.4 Å². The maximum atomic E-state index is 10.1. The summed E-state index contributed by atoms with van der Waals surface area (Å²) in [7, 11) is 0. The van der Waals surface area contributed by atoms with Crippen molar-refractivity contribution in [2.24, 2.45) is 0 Å². The Hall–Kier alpha value is -0.830. The van der Waals surface area contributed by atoms with Gasteiger partial charge in [0, 0.05) is 4.47 Å². The Balaban J connectivity index is 1.99. The summed E-state index contributed by atoms with van der Waals surface area (Å²) in [6, 6.07) is 15.7. The molecule has 0 aliphatic carbocycles. The van der Waals surface area contributed by atoms with Gasteiger partial charge in [0.15, 0.2) is 0 Å². The van der Waals surface area contributed by atoms with E-state index in [1.807, 2.05) is 30.3 Å². The molecule has 18 heavy (non-hydrogen) atoms. The summed E-state index contributed by atoms with van der Waals surface area (Å²) in [5.74, 6) is 0. The highest BCUT2D eigenvalue weighted by atomic mass is 79.9. The van der Waals surface area contributed by atoms with Crippen LogP contribution in [0.4, 0.5) is 0 Å². The molecular weight excluding hydrogens is 312 g/mol. The number of aryl methyl sites for hydroxylation is 1. The monoisotopic (exact) mass is 324 g/mol. The first-order chi connectivity index (χ1) is 8.66. The maximum absolute atomic E-state index is 10.1. The molecule has 3 heteroatoms. The van der Waals surface area contributed by atoms with Gasteiger partial charge in [-0.3, -0.25) is 0 Å². The summed E-state index contributed by atoms with van der Waals surface area (Å²) in [4.78, 5) is 0. The van der Waals surface area contributed by atoms with Gasteiger partial charge in [-0.1, -0.05) is 48.0 Å². The normalized spacial score (nSPS) is 12.4. The molecule has 0 aliphatic rings. The predicted octanol–water partition coefficient (Wildman–Crippen LogP) is 4.77. The first-order valence-corrected chi connectivity index (χ1v) is 7.01. The fraction of sp³-hybridized carbons (Fsp3) is 0.200.